The van der Waals surface area contributed by atoms with Crippen molar-refractivity contribution in [3.63, 3.8) is 0 Å². The molecule has 0 heterocycles. The molecule has 0 fully saturated rings. The normalized spacial score (nSPS) is 12.3. The highest BCUT2D eigenvalue weighted by Gasteiger charge is 2.06. The number of hydrogen-bond acceptors (Lipinski definition) is 2. The highest BCUT2D eigenvalue weighted by atomic mass is 16.5. The average Bonchev–Trinajstić information content (AvgIpc) is 2.36. The molecule has 1 unspecified atom stereocenters. The van der Waals surface area contributed by atoms with Gasteiger partial charge in [0.05, 0.1) is 0 Å². The maximum atomic E-state index is 11.5. The first-order valence-corrected chi connectivity index (χ1v) is 6.55. The Kier molecular flexibility index (Phi) is 5.69. The van der Waals surface area contributed by atoms with Gasteiger partial charge in [-0.2, -0.15) is 0 Å². The van der Waals surface area contributed by atoms with E-state index in [-0.39, 0.29) is 18.6 Å². The van der Waals surface area contributed by atoms with E-state index in [0.29, 0.717) is 5.92 Å². The lowest BCUT2D eigenvalue weighted by atomic mass is 10.0. The van der Waals surface area contributed by atoms with Crippen LogP contribution in [0, 0.1) is 0 Å². The Morgan fingerprint density at radius 1 is 1.22 bits per heavy atom. The lowest BCUT2D eigenvalue weighted by Gasteiger charge is -2.12. The SMILES string of the molecule is CCC(C)NC(=O)COc1ccc(C(C)C)cc1. The Morgan fingerprint density at radius 3 is 2.33 bits per heavy atom. The molecule has 3 nitrogen and oxygen atoms in total. The zero-order chi connectivity index (χ0) is 13.5. The van der Waals surface area contributed by atoms with Gasteiger partial charge in [-0.05, 0) is 37.0 Å². The van der Waals surface area contributed by atoms with Crippen LogP contribution < -0.4 is 10.1 Å². The summed E-state index contributed by atoms with van der Waals surface area (Å²) in [5, 5.41) is 2.87. The van der Waals surface area contributed by atoms with Crippen molar-refractivity contribution in [1.29, 1.82) is 0 Å². The highest BCUT2D eigenvalue weighted by molar-refractivity contribution is 5.77. The number of carbonyl (C=O) groups is 1. The fraction of sp³-hybridized carbons (Fsp3) is 0.533. The topological polar surface area (TPSA) is 38.3 Å². The van der Waals surface area contributed by atoms with Gasteiger partial charge in [0.1, 0.15) is 5.75 Å². The first-order valence-electron chi connectivity index (χ1n) is 6.55. The summed E-state index contributed by atoms with van der Waals surface area (Å²) in [6, 6.07) is 8.08. The largest absolute Gasteiger partial charge is 0.484 e. The average molecular weight is 249 g/mol. The van der Waals surface area contributed by atoms with Gasteiger partial charge in [0.25, 0.3) is 5.91 Å². The second-order valence-corrected chi connectivity index (χ2v) is 4.89. The molecule has 3 heteroatoms. The first-order chi connectivity index (χ1) is 8.52. The zero-order valence-corrected chi connectivity index (χ0v) is 11.7. The molecule has 18 heavy (non-hydrogen) atoms. The number of amides is 1. The van der Waals surface area contributed by atoms with Crippen LogP contribution in [-0.4, -0.2) is 18.6 Å². The van der Waals surface area contributed by atoms with E-state index in [2.05, 4.69) is 19.2 Å². The third kappa shape index (κ3) is 4.78. The molecule has 1 aromatic carbocycles. The molecular formula is C15H23NO2. The summed E-state index contributed by atoms with van der Waals surface area (Å²) in [5.74, 6) is 1.17. The van der Waals surface area contributed by atoms with Crippen LogP contribution in [-0.2, 0) is 4.79 Å². The van der Waals surface area contributed by atoms with Crippen LogP contribution in [0.3, 0.4) is 0 Å². The minimum Gasteiger partial charge on any atom is -0.484 e. The summed E-state index contributed by atoms with van der Waals surface area (Å²) in [4.78, 5) is 11.5. The van der Waals surface area contributed by atoms with Crippen molar-refractivity contribution in [3.05, 3.63) is 29.8 Å². The summed E-state index contributed by atoms with van der Waals surface area (Å²) in [6.45, 7) is 8.39. The van der Waals surface area contributed by atoms with Crippen molar-refractivity contribution in [2.75, 3.05) is 6.61 Å². The summed E-state index contributed by atoms with van der Waals surface area (Å²) in [5.41, 5.74) is 1.27. The van der Waals surface area contributed by atoms with Gasteiger partial charge in [0, 0.05) is 6.04 Å². The Hall–Kier alpha value is -1.51. The maximum absolute atomic E-state index is 11.5. The van der Waals surface area contributed by atoms with E-state index in [1.807, 2.05) is 38.1 Å². The Bertz CT molecular complexity index is 371. The van der Waals surface area contributed by atoms with E-state index >= 15 is 0 Å². The van der Waals surface area contributed by atoms with Crippen LogP contribution in [0.5, 0.6) is 5.75 Å². The monoisotopic (exact) mass is 249 g/mol. The molecule has 0 saturated heterocycles. The van der Waals surface area contributed by atoms with Crippen LogP contribution in [0.15, 0.2) is 24.3 Å². The summed E-state index contributed by atoms with van der Waals surface area (Å²) in [7, 11) is 0. The smallest absolute Gasteiger partial charge is 0.258 e. The van der Waals surface area contributed by atoms with Gasteiger partial charge in [-0.3, -0.25) is 4.79 Å². The second-order valence-electron chi connectivity index (χ2n) is 4.89. The van der Waals surface area contributed by atoms with E-state index in [1.54, 1.807) is 0 Å². The number of carbonyl (C=O) groups excluding carboxylic acids is 1. The fourth-order valence-electron chi connectivity index (χ4n) is 1.52. The molecule has 1 N–H and O–H groups in total. The number of nitrogens with one attached hydrogen (secondary N) is 1. The van der Waals surface area contributed by atoms with E-state index in [0.717, 1.165) is 12.2 Å². The molecule has 1 rings (SSSR count). The Balaban J connectivity index is 2.41. The van der Waals surface area contributed by atoms with E-state index < -0.39 is 0 Å². The molecule has 1 atom stereocenters. The number of ether oxygens (including phenoxy) is 1. The first kappa shape index (κ1) is 14.6. The van der Waals surface area contributed by atoms with Crippen molar-refractivity contribution >= 4 is 5.91 Å². The molecule has 1 aromatic rings. The van der Waals surface area contributed by atoms with Gasteiger partial charge >= 0.3 is 0 Å². The quantitative estimate of drug-likeness (QED) is 0.841. The van der Waals surface area contributed by atoms with E-state index in [1.165, 1.54) is 5.56 Å². The van der Waals surface area contributed by atoms with Crippen molar-refractivity contribution < 1.29 is 9.53 Å². The molecule has 0 bridgehead atoms. The van der Waals surface area contributed by atoms with Crippen molar-refractivity contribution in [2.24, 2.45) is 0 Å². The summed E-state index contributed by atoms with van der Waals surface area (Å²) >= 11 is 0. The van der Waals surface area contributed by atoms with Crippen molar-refractivity contribution in [1.82, 2.24) is 5.32 Å². The van der Waals surface area contributed by atoms with Gasteiger partial charge in [-0.25, -0.2) is 0 Å². The van der Waals surface area contributed by atoms with Gasteiger partial charge in [-0.15, -0.1) is 0 Å². The van der Waals surface area contributed by atoms with Gasteiger partial charge in [0.15, 0.2) is 6.61 Å². The Morgan fingerprint density at radius 2 is 1.83 bits per heavy atom. The van der Waals surface area contributed by atoms with E-state index in [9.17, 15) is 4.79 Å². The molecule has 0 radical (unpaired) electrons. The zero-order valence-electron chi connectivity index (χ0n) is 11.7. The predicted molar refractivity (Wildman–Crippen MR) is 73.9 cm³/mol. The summed E-state index contributed by atoms with van der Waals surface area (Å²) < 4.78 is 5.44. The van der Waals surface area contributed by atoms with Crippen LogP contribution >= 0.6 is 0 Å². The minimum absolute atomic E-state index is 0.0720. The number of benzene rings is 1. The van der Waals surface area contributed by atoms with Gasteiger partial charge in [0.2, 0.25) is 0 Å². The Labute approximate surface area is 110 Å². The van der Waals surface area contributed by atoms with Crippen LogP contribution in [0.1, 0.15) is 45.6 Å². The number of hydrogen-bond donors (Lipinski definition) is 1. The van der Waals surface area contributed by atoms with Crippen LogP contribution in [0.2, 0.25) is 0 Å². The van der Waals surface area contributed by atoms with Crippen LogP contribution in [0.25, 0.3) is 0 Å². The highest BCUT2D eigenvalue weighted by Crippen LogP contribution is 2.18. The number of rotatable bonds is 6. The minimum atomic E-state index is -0.0720. The third-order valence-electron chi connectivity index (χ3n) is 2.94. The lowest BCUT2D eigenvalue weighted by Crippen LogP contribution is -2.35. The van der Waals surface area contributed by atoms with Crippen molar-refractivity contribution in [2.45, 2.75) is 46.1 Å². The van der Waals surface area contributed by atoms with Crippen molar-refractivity contribution in [3.8, 4) is 5.75 Å². The molecular weight excluding hydrogens is 226 g/mol. The molecule has 100 valence electrons. The molecule has 0 saturated carbocycles. The van der Waals surface area contributed by atoms with E-state index in [4.69, 9.17) is 4.74 Å². The molecule has 1 amide bonds. The molecule has 0 aliphatic heterocycles. The maximum Gasteiger partial charge on any atom is 0.258 e. The molecule has 0 aromatic heterocycles. The molecule has 0 spiro atoms. The van der Waals surface area contributed by atoms with Gasteiger partial charge < -0.3 is 10.1 Å². The standard InChI is InChI=1S/C15H23NO2/c1-5-12(4)16-15(17)10-18-14-8-6-13(7-9-14)11(2)3/h6-9,11-12H,5,10H2,1-4H3,(H,16,17). The predicted octanol–water partition coefficient (Wildman–Crippen LogP) is 3.10. The van der Waals surface area contributed by atoms with Crippen LogP contribution in [0.4, 0.5) is 0 Å². The second kappa shape index (κ2) is 7.04. The molecule has 0 aliphatic rings. The lowest BCUT2D eigenvalue weighted by molar-refractivity contribution is -0.123. The third-order valence-corrected chi connectivity index (χ3v) is 2.94. The van der Waals surface area contributed by atoms with Gasteiger partial charge in [-0.1, -0.05) is 32.9 Å². The fourth-order valence-corrected chi connectivity index (χ4v) is 1.52. The summed E-state index contributed by atoms with van der Waals surface area (Å²) in [6.07, 6.45) is 0.925. The molecule has 0 aliphatic carbocycles.